The molecule has 47 heavy (non-hydrogen) atoms. The van der Waals surface area contributed by atoms with Gasteiger partial charge in [-0.3, -0.25) is 4.79 Å². The van der Waals surface area contributed by atoms with E-state index in [1.807, 2.05) is 0 Å². The van der Waals surface area contributed by atoms with Crippen LogP contribution in [0.1, 0.15) is 56.5 Å². The minimum Gasteiger partial charge on any atom is -0.497 e. The van der Waals surface area contributed by atoms with Crippen molar-refractivity contribution in [3.05, 3.63) is 83.4 Å². The van der Waals surface area contributed by atoms with Crippen LogP contribution in [-0.4, -0.2) is 61.5 Å². The number of alkyl carbamates (subject to hydrolysis) is 1. The van der Waals surface area contributed by atoms with Crippen molar-refractivity contribution < 1.29 is 48.0 Å². The average molecular weight is 652 g/mol. The van der Waals surface area contributed by atoms with Gasteiger partial charge in [0.25, 0.3) is 0 Å². The van der Waals surface area contributed by atoms with E-state index in [9.17, 15) is 24.3 Å². The third kappa shape index (κ3) is 10.6. The lowest BCUT2D eigenvalue weighted by Crippen LogP contribution is -2.44. The third-order valence-corrected chi connectivity index (χ3v) is 6.67. The molecule has 5 N–H and O–H groups in total. The number of rotatable bonds is 14. The van der Waals surface area contributed by atoms with Gasteiger partial charge >= 0.3 is 18.0 Å². The molecular weight excluding hydrogens is 610 g/mol. The number of nitrogens with two attached hydrogens (primary N) is 1. The molecular formula is C34H41N3O10. The van der Waals surface area contributed by atoms with Gasteiger partial charge in [0.05, 0.1) is 20.8 Å². The first-order chi connectivity index (χ1) is 22.2. The quantitative estimate of drug-likeness (QED) is 0.181. The van der Waals surface area contributed by atoms with E-state index in [1.54, 1.807) is 94.4 Å². The van der Waals surface area contributed by atoms with Crippen molar-refractivity contribution in [2.24, 2.45) is 5.73 Å². The summed E-state index contributed by atoms with van der Waals surface area (Å²) in [6.45, 7) is 6.77. The second-order valence-corrected chi connectivity index (χ2v) is 11.3. The highest BCUT2D eigenvalue weighted by atomic mass is 16.6. The van der Waals surface area contributed by atoms with Gasteiger partial charge in [-0.1, -0.05) is 30.3 Å². The first-order valence-electron chi connectivity index (χ1n) is 14.8. The summed E-state index contributed by atoms with van der Waals surface area (Å²) < 4.78 is 27.1. The van der Waals surface area contributed by atoms with E-state index in [0.29, 0.717) is 33.9 Å². The number of methoxy groups -OCH3 is 2. The van der Waals surface area contributed by atoms with Crippen molar-refractivity contribution in [1.29, 1.82) is 0 Å². The van der Waals surface area contributed by atoms with Crippen LogP contribution in [0.15, 0.2) is 66.7 Å². The SMILES string of the molecule is CCOC(=O)[C@H](NC(=O)[C@@H](N)c1ccc(OC)cc1)c1ccc(OC)c(Oc2ccc(C[C@@H](NC(=O)OC(C)(C)C)C(=O)O)cc2)c1. The third-order valence-electron chi connectivity index (χ3n) is 6.67. The molecule has 0 spiro atoms. The number of aliphatic carboxylic acids is 1. The minimum atomic E-state index is -1.22. The predicted octanol–water partition coefficient (Wildman–Crippen LogP) is 4.44. The maximum absolute atomic E-state index is 13.2. The molecule has 3 aromatic carbocycles. The molecule has 0 heterocycles. The van der Waals surface area contributed by atoms with Crippen LogP contribution in [0, 0.1) is 0 Å². The number of hydrogen-bond acceptors (Lipinski definition) is 10. The van der Waals surface area contributed by atoms with Crippen LogP contribution in [0.5, 0.6) is 23.0 Å². The van der Waals surface area contributed by atoms with Gasteiger partial charge in [0.1, 0.15) is 29.2 Å². The number of amides is 2. The molecule has 0 saturated carbocycles. The topological polar surface area (TPSA) is 185 Å². The van der Waals surface area contributed by atoms with Gasteiger partial charge in [-0.15, -0.1) is 0 Å². The van der Waals surface area contributed by atoms with Gasteiger partial charge in [0.2, 0.25) is 5.91 Å². The Hall–Kier alpha value is -5.30. The number of carboxylic acid groups (broad SMARTS) is 1. The van der Waals surface area contributed by atoms with Crippen LogP contribution in [0.2, 0.25) is 0 Å². The Morgan fingerprint density at radius 1 is 0.830 bits per heavy atom. The van der Waals surface area contributed by atoms with Gasteiger partial charge in [-0.2, -0.15) is 0 Å². The Kier molecular flexibility index (Phi) is 12.6. The fraction of sp³-hybridized carbons (Fsp3) is 0.353. The Labute approximate surface area is 273 Å². The summed E-state index contributed by atoms with van der Waals surface area (Å²) in [6, 6.07) is 14.4. The largest absolute Gasteiger partial charge is 0.497 e. The maximum atomic E-state index is 13.2. The molecule has 3 atom stereocenters. The number of benzene rings is 3. The van der Waals surface area contributed by atoms with Crippen LogP contribution in [0.4, 0.5) is 4.79 Å². The number of hydrogen-bond donors (Lipinski definition) is 4. The summed E-state index contributed by atoms with van der Waals surface area (Å²) in [4.78, 5) is 50.1. The first-order valence-corrected chi connectivity index (χ1v) is 14.8. The number of carbonyl (C=O) groups is 4. The van der Waals surface area contributed by atoms with E-state index in [0.717, 1.165) is 0 Å². The lowest BCUT2D eigenvalue weighted by Gasteiger charge is -2.22. The van der Waals surface area contributed by atoms with E-state index in [-0.39, 0.29) is 18.8 Å². The van der Waals surface area contributed by atoms with Crippen LogP contribution in [-0.2, 0) is 30.3 Å². The van der Waals surface area contributed by atoms with Crippen LogP contribution < -0.4 is 30.6 Å². The Morgan fingerprint density at radius 3 is 2.00 bits per heavy atom. The lowest BCUT2D eigenvalue weighted by atomic mass is 10.0. The van der Waals surface area contributed by atoms with Crippen LogP contribution in [0.3, 0.4) is 0 Å². The smallest absolute Gasteiger partial charge is 0.408 e. The normalized spacial score (nSPS) is 12.9. The fourth-order valence-electron chi connectivity index (χ4n) is 4.36. The second-order valence-electron chi connectivity index (χ2n) is 11.3. The summed E-state index contributed by atoms with van der Waals surface area (Å²) in [5, 5.41) is 14.7. The summed E-state index contributed by atoms with van der Waals surface area (Å²) in [6.07, 6.45) is -0.843. The molecule has 252 valence electrons. The fourth-order valence-corrected chi connectivity index (χ4v) is 4.36. The molecule has 0 unspecified atom stereocenters. The number of nitrogens with one attached hydrogen (secondary N) is 2. The zero-order valence-corrected chi connectivity index (χ0v) is 27.2. The van der Waals surface area contributed by atoms with Gasteiger partial charge in [-0.05, 0) is 80.8 Å². The van der Waals surface area contributed by atoms with Gasteiger partial charge < -0.3 is 45.2 Å². The highest BCUT2D eigenvalue weighted by Gasteiger charge is 2.29. The van der Waals surface area contributed by atoms with Crippen molar-refractivity contribution in [3.8, 4) is 23.0 Å². The maximum Gasteiger partial charge on any atom is 0.408 e. The van der Waals surface area contributed by atoms with Gasteiger partial charge in [0, 0.05) is 6.42 Å². The van der Waals surface area contributed by atoms with E-state index in [4.69, 9.17) is 29.4 Å². The standard InChI is InChI=1S/C34H41N3O10/c1-7-45-32(41)29(37-30(38)28(35)21-10-15-23(43-5)16-11-21)22-12-17-26(44-6)27(19-22)46-24-13-8-20(9-14-24)18-25(31(39)40)36-33(42)47-34(2,3)4/h8-17,19,25,28-29H,7,18,35H2,1-6H3,(H,36,42)(H,37,38)(H,39,40)/t25-,28+,29-/m1/s1. The van der Waals surface area contributed by atoms with E-state index in [2.05, 4.69) is 10.6 Å². The zero-order chi connectivity index (χ0) is 34.7. The number of ether oxygens (including phenoxy) is 5. The molecule has 3 rings (SSSR count). The highest BCUT2D eigenvalue weighted by Crippen LogP contribution is 2.35. The summed E-state index contributed by atoms with van der Waals surface area (Å²) in [5.74, 6) is -0.977. The monoisotopic (exact) mass is 651 g/mol. The first kappa shape index (κ1) is 36.2. The molecule has 0 radical (unpaired) electrons. The van der Waals surface area contributed by atoms with Crippen LogP contribution >= 0.6 is 0 Å². The number of carbonyl (C=O) groups excluding carboxylic acids is 3. The van der Waals surface area contributed by atoms with Gasteiger partial charge in [0.15, 0.2) is 17.5 Å². The van der Waals surface area contributed by atoms with E-state index >= 15 is 0 Å². The van der Waals surface area contributed by atoms with Crippen molar-refractivity contribution in [1.82, 2.24) is 10.6 Å². The summed E-state index contributed by atoms with van der Waals surface area (Å²) in [7, 11) is 2.98. The molecule has 0 aliphatic rings. The number of esters is 1. The second kappa shape index (κ2) is 16.3. The van der Waals surface area contributed by atoms with Crippen molar-refractivity contribution in [2.75, 3.05) is 20.8 Å². The molecule has 0 aliphatic heterocycles. The molecule has 13 nitrogen and oxygen atoms in total. The predicted molar refractivity (Wildman–Crippen MR) is 171 cm³/mol. The number of carboxylic acids is 1. The minimum absolute atomic E-state index is 0.00670. The molecule has 0 aromatic heterocycles. The molecule has 0 saturated heterocycles. The molecule has 0 fully saturated rings. The van der Waals surface area contributed by atoms with Crippen molar-refractivity contribution in [3.63, 3.8) is 0 Å². The lowest BCUT2D eigenvalue weighted by molar-refractivity contribution is -0.147. The van der Waals surface area contributed by atoms with Crippen molar-refractivity contribution in [2.45, 2.75) is 57.8 Å². The molecule has 0 bridgehead atoms. The van der Waals surface area contributed by atoms with E-state index in [1.165, 1.54) is 14.2 Å². The molecule has 2 amide bonds. The Bertz CT molecular complexity index is 1540. The Balaban J connectivity index is 1.80. The Morgan fingerprint density at radius 2 is 1.45 bits per heavy atom. The average Bonchev–Trinajstić information content (AvgIpc) is 3.02. The van der Waals surface area contributed by atoms with Gasteiger partial charge in [-0.25, -0.2) is 14.4 Å². The summed E-state index contributed by atoms with van der Waals surface area (Å²) in [5.41, 5.74) is 6.90. The summed E-state index contributed by atoms with van der Waals surface area (Å²) >= 11 is 0. The van der Waals surface area contributed by atoms with Crippen molar-refractivity contribution >= 4 is 23.9 Å². The van der Waals surface area contributed by atoms with E-state index < -0.39 is 47.7 Å². The highest BCUT2D eigenvalue weighted by molar-refractivity contribution is 5.89. The zero-order valence-electron chi connectivity index (χ0n) is 27.2. The van der Waals surface area contributed by atoms with Crippen LogP contribution in [0.25, 0.3) is 0 Å². The molecule has 3 aromatic rings. The molecule has 0 aliphatic carbocycles. The molecule has 13 heteroatoms.